The standard InChI is InChI=1S/C15H25N3O2/c1-15(2,18(3)4)10-17-14(20)13(16)9-11-5-7-12(19)8-6-11/h5-8,13,19H,9-10,16H2,1-4H3,(H,17,20)/t13-/m1/s1. The Morgan fingerprint density at radius 3 is 2.40 bits per heavy atom. The van der Waals surface area contributed by atoms with Crippen LogP contribution in [-0.4, -0.2) is 48.1 Å². The molecule has 0 bridgehead atoms. The Kier molecular flexibility index (Phi) is 5.53. The Labute approximate surface area is 120 Å². The predicted octanol–water partition coefficient (Wildman–Crippen LogP) is 0.718. The van der Waals surface area contributed by atoms with E-state index in [1.165, 1.54) is 0 Å². The number of hydrogen-bond donors (Lipinski definition) is 3. The molecule has 1 rings (SSSR count). The summed E-state index contributed by atoms with van der Waals surface area (Å²) in [7, 11) is 3.95. The van der Waals surface area contributed by atoms with E-state index in [1.807, 2.05) is 14.1 Å². The highest BCUT2D eigenvalue weighted by molar-refractivity contribution is 5.81. The van der Waals surface area contributed by atoms with Crippen LogP contribution in [0.25, 0.3) is 0 Å². The van der Waals surface area contributed by atoms with Crippen molar-refractivity contribution in [2.45, 2.75) is 31.8 Å². The predicted molar refractivity (Wildman–Crippen MR) is 80.6 cm³/mol. The highest BCUT2D eigenvalue weighted by Crippen LogP contribution is 2.11. The summed E-state index contributed by atoms with van der Waals surface area (Å²) >= 11 is 0. The van der Waals surface area contributed by atoms with Crippen LogP contribution < -0.4 is 11.1 Å². The van der Waals surface area contributed by atoms with Gasteiger partial charge in [0.25, 0.3) is 0 Å². The number of phenolic OH excluding ortho intramolecular Hbond substituents is 1. The number of carbonyl (C=O) groups excluding carboxylic acids is 1. The number of likely N-dealkylation sites (N-methyl/N-ethyl adjacent to an activating group) is 1. The van der Waals surface area contributed by atoms with Crippen molar-refractivity contribution in [3.8, 4) is 5.75 Å². The van der Waals surface area contributed by atoms with Gasteiger partial charge in [0, 0.05) is 12.1 Å². The highest BCUT2D eigenvalue weighted by atomic mass is 16.3. The molecule has 0 aliphatic carbocycles. The second-order valence-corrected chi connectivity index (χ2v) is 5.90. The molecule has 0 heterocycles. The molecule has 0 spiro atoms. The van der Waals surface area contributed by atoms with Crippen LogP contribution in [0.1, 0.15) is 19.4 Å². The largest absolute Gasteiger partial charge is 0.508 e. The van der Waals surface area contributed by atoms with Crippen LogP contribution in [0, 0.1) is 0 Å². The van der Waals surface area contributed by atoms with Crippen molar-refractivity contribution in [3.05, 3.63) is 29.8 Å². The lowest BCUT2D eigenvalue weighted by molar-refractivity contribution is -0.122. The summed E-state index contributed by atoms with van der Waals surface area (Å²) in [6.07, 6.45) is 0.453. The van der Waals surface area contributed by atoms with Gasteiger partial charge in [-0.05, 0) is 52.1 Å². The molecule has 1 aromatic carbocycles. The van der Waals surface area contributed by atoms with E-state index in [0.29, 0.717) is 13.0 Å². The van der Waals surface area contributed by atoms with Gasteiger partial charge in [-0.1, -0.05) is 12.1 Å². The summed E-state index contributed by atoms with van der Waals surface area (Å²) in [5.74, 6) is 0.0486. The third kappa shape index (κ3) is 4.83. The Balaban J connectivity index is 2.49. The molecule has 5 nitrogen and oxygen atoms in total. The van der Waals surface area contributed by atoms with Crippen LogP contribution in [0.2, 0.25) is 0 Å². The van der Waals surface area contributed by atoms with Crippen LogP contribution >= 0.6 is 0 Å². The molecule has 0 radical (unpaired) electrons. The van der Waals surface area contributed by atoms with Gasteiger partial charge < -0.3 is 21.1 Å². The summed E-state index contributed by atoms with van der Waals surface area (Å²) in [5, 5.41) is 12.1. The summed E-state index contributed by atoms with van der Waals surface area (Å²) in [5.41, 5.74) is 6.72. The molecule has 0 aromatic heterocycles. The van der Waals surface area contributed by atoms with Crippen molar-refractivity contribution in [2.24, 2.45) is 5.73 Å². The van der Waals surface area contributed by atoms with Crippen molar-refractivity contribution in [1.29, 1.82) is 0 Å². The molecule has 0 unspecified atom stereocenters. The fourth-order valence-electron chi connectivity index (χ4n) is 1.57. The first-order valence-electron chi connectivity index (χ1n) is 6.71. The van der Waals surface area contributed by atoms with Crippen molar-refractivity contribution in [1.82, 2.24) is 10.2 Å². The topological polar surface area (TPSA) is 78.6 Å². The molecule has 1 atom stereocenters. The number of carbonyl (C=O) groups is 1. The van der Waals surface area contributed by atoms with E-state index >= 15 is 0 Å². The maximum atomic E-state index is 12.0. The number of rotatable bonds is 6. The molecule has 1 amide bonds. The van der Waals surface area contributed by atoms with Gasteiger partial charge in [0.15, 0.2) is 0 Å². The minimum atomic E-state index is -0.586. The summed E-state index contributed by atoms with van der Waals surface area (Å²) in [6, 6.07) is 6.14. The monoisotopic (exact) mass is 279 g/mol. The molecule has 0 aliphatic heterocycles. The van der Waals surface area contributed by atoms with E-state index in [2.05, 4.69) is 24.1 Å². The van der Waals surface area contributed by atoms with E-state index in [4.69, 9.17) is 5.73 Å². The molecule has 0 saturated carbocycles. The molecule has 112 valence electrons. The number of phenols is 1. The number of nitrogens with zero attached hydrogens (tertiary/aromatic N) is 1. The first-order chi connectivity index (χ1) is 9.22. The van der Waals surface area contributed by atoms with E-state index in [-0.39, 0.29) is 17.2 Å². The van der Waals surface area contributed by atoms with Crippen molar-refractivity contribution in [3.63, 3.8) is 0 Å². The average Bonchev–Trinajstić information content (AvgIpc) is 2.38. The molecule has 4 N–H and O–H groups in total. The Morgan fingerprint density at radius 2 is 1.90 bits per heavy atom. The minimum absolute atomic E-state index is 0.117. The summed E-state index contributed by atoms with van der Waals surface area (Å²) in [4.78, 5) is 14.0. The maximum absolute atomic E-state index is 12.0. The fourth-order valence-corrected chi connectivity index (χ4v) is 1.57. The SMILES string of the molecule is CN(C)C(C)(C)CNC(=O)[C@H](N)Cc1ccc(O)cc1. The number of nitrogens with one attached hydrogen (secondary N) is 1. The molecule has 5 heteroatoms. The summed E-state index contributed by atoms with van der Waals surface area (Å²) in [6.45, 7) is 4.65. The fraction of sp³-hybridized carbons (Fsp3) is 0.533. The van der Waals surface area contributed by atoms with E-state index in [0.717, 1.165) is 5.56 Å². The number of nitrogens with two attached hydrogens (primary N) is 1. The summed E-state index contributed by atoms with van der Waals surface area (Å²) < 4.78 is 0. The third-order valence-electron chi connectivity index (χ3n) is 3.63. The van der Waals surface area contributed by atoms with Gasteiger partial charge in [-0.15, -0.1) is 0 Å². The molecule has 20 heavy (non-hydrogen) atoms. The average molecular weight is 279 g/mol. The molecule has 0 saturated heterocycles. The zero-order chi connectivity index (χ0) is 15.3. The number of benzene rings is 1. The van der Waals surface area contributed by atoms with Gasteiger partial charge in [0.2, 0.25) is 5.91 Å². The molecular formula is C15H25N3O2. The molecule has 0 aliphatic rings. The third-order valence-corrected chi connectivity index (χ3v) is 3.63. The van der Waals surface area contributed by atoms with Gasteiger partial charge in [0.05, 0.1) is 6.04 Å². The number of hydrogen-bond acceptors (Lipinski definition) is 4. The van der Waals surface area contributed by atoms with E-state index in [9.17, 15) is 9.90 Å². The van der Waals surface area contributed by atoms with E-state index < -0.39 is 6.04 Å². The van der Waals surface area contributed by atoms with Crippen LogP contribution in [0.5, 0.6) is 5.75 Å². The van der Waals surface area contributed by atoms with Crippen molar-refractivity contribution >= 4 is 5.91 Å². The van der Waals surface area contributed by atoms with Crippen molar-refractivity contribution < 1.29 is 9.90 Å². The molecule has 1 aromatic rings. The van der Waals surface area contributed by atoms with Gasteiger partial charge >= 0.3 is 0 Å². The Bertz CT molecular complexity index is 441. The first-order valence-corrected chi connectivity index (χ1v) is 6.71. The van der Waals surface area contributed by atoms with Gasteiger partial charge in [-0.3, -0.25) is 4.79 Å². The van der Waals surface area contributed by atoms with Gasteiger partial charge in [-0.2, -0.15) is 0 Å². The lowest BCUT2D eigenvalue weighted by Gasteiger charge is -2.33. The molecular weight excluding hydrogens is 254 g/mol. The number of aromatic hydroxyl groups is 1. The van der Waals surface area contributed by atoms with Crippen LogP contribution in [0.15, 0.2) is 24.3 Å². The van der Waals surface area contributed by atoms with Crippen molar-refractivity contribution in [2.75, 3.05) is 20.6 Å². The zero-order valence-electron chi connectivity index (χ0n) is 12.7. The minimum Gasteiger partial charge on any atom is -0.508 e. The maximum Gasteiger partial charge on any atom is 0.237 e. The number of amides is 1. The quantitative estimate of drug-likeness (QED) is 0.717. The highest BCUT2D eigenvalue weighted by Gasteiger charge is 2.22. The second kappa shape index (κ2) is 6.72. The van der Waals surface area contributed by atoms with Gasteiger partial charge in [0.1, 0.15) is 5.75 Å². The Morgan fingerprint density at radius 1 is 1.35 bits per heavy atom. The smallest absolute Gasteiger partial charge is 0.237 e. The van der Waals surface area contributed by atoms with Crippen LogP contribution in [0.4, 0.5) is 0 Å². The second-order valence-electron chi connectivity index (χ2n) is 5.90. The van der Waals surface area contributed by atoms with Crippen LogP contribution in [-0.2, 0) is 11.2 Å². The van der Waals surface area contributed by atoms with Gasteiger partial charge in [-0.25, -0.2) is 0 Å². The lowest BCUT2D eigenvalue weighted by Crippen LogP contribution is -2.51. The Hall–Kier alpha value is -1.59. The first kappa shape index (κ1) is 16.5. The lowest BCUT2D eigenvalue weighted by atomic mass is 10.0. The normalized spacial score (nSPS) is 13.3. The van der Waals surface area contributed by atoms with E-state index in [1.54, 1.807) is 24.3 Å². The van der Waals surface area contributed by atoms with Crippen LogP contribution in [0.3, 0.4) is 0 Å². The zero-order valence-corrected chi connectivity index (χ0v) is 12.7. The molecule has 0 fully saturated rings.